The summed E-state index contributed by atoms with van der Waals surface area (Å²) in [4.78, 5) is 31.9. The van der Waals surface area contributed by atoms with Crippen LogP contribution in [0.15, 0.2) is 30.3 Å². The zero-order valence-corrected chi connectivity index (χ0v) is 27.8. The van der Waals surface area contributed by atoms with Crippen molar-refractivity contribution in [1.82, 2.24) is 15.2 Å². The molecule has 11 heteroatoms. The molecule has 0 bridgehead atoms. The van der Waals surface area contributed by atoms with Gasteiger partial charge in [-0.1, -0.05) is 26.0 Å². The van der Waals surface area contributed by atoms with Crippen molar-refractivity contribution < 1.29 is 37.0 Å². The number of nitrogens with zero attached hydrogens (tertiary/aromatic N) is 2. The highest BCUT2D eigenvalue weighted by atomic mass is 19.4. The predicted octanol–water partition coefficient (Wildman–Crippen LogP) is 6.07. The lowest BCUT2D eigenvalue weighted by atomic mass is 9.74. The van der Waals surface area contributed by atoms with Crippen molar-refractivity contribution in [2.24, 2.45) is 11.3 Å². The van der Waals surface area contributed by atoms with Crippen LogP contribution in [-0.2, 0) is 51.0 Å². The first kappa shape index (κ1) is 35.1. The van der Waals surface area contributed by atoms with Gasteiger partial charge in [0, 0.05) is 50.5 Å². The number of esters is 1. The van der Waals surface area contributed by atoms with Crippen molar-refractivity contribution in [2.75, 3.05) is 33.5 Å². The normalized spacial score (nSPS) is 21.9. The molecule has 1 saturated heterocycles. The van der Waals surface area contributed by atoms with Gasteiger partial charge in [-0.25, -0.2) is 0 Å². The maximum atomic E-state index is 14.3. The number of alkyl halides is 3. The standard InChI is InChI=1S/C36H48F3N3O5/c1-24(2)35(15-11-28(22-35)40-27-13-18-46-19-14-27)34(44)42-16-12-31-26(23-42)21-30(36(37,38)39)32(41-31)6-4-5-17-47-29-9-7-25(8-10-29)20-33(43)45-3/h7-10,21,24,27-28,40H,4-6,11-20,22-23H2,1-3H3/t28-,35+/m1/s1. The molecule has 2 atom stereocenters. The summed E-state index contributed by atoms with van der Waals surface area (Å²) >= 11 is 0. The summed E-state index contributed by atoms with van der Waals surface area (Å²) in [5.41, 5.74) is 0.776. The monoisotopic (exact) mass is 659 g/mol. The molecule has 47 heavy (non-hydrogen) atoms. The minimum Gasteiger partial charge on any atom is -0.494 e. The molecule has 3 heterocycles. The molecular formula is C36H48F3N3O5. The highest BCUT2D eigenvalue weighted by molar-refractivity contribution is 5.84. The van der Waals surface area contributed by atoms with E-state index in [0.29, 0.717) is 55.5 Å². The quantitative estimate of drug-likeness (QED) is 0.219. The molecular weight excluding hydrogens is 611 g/mol. The van der Waals surface area contributed by atoms with Gasteiger partial charge in [-0.05, 0) is 86.6 Å². The number of aryl methyl sites for hydroxylation is 1. The Morgan fingerprint density at radius 3 is 2.53 bits per heavy atom. The number of halogens is 3. The van der Waals surface area contributed by atoms with Gasteiger partial charge in [0.15, 0.2) is 0 Å². The van der Waals surface area contributed by atoms with Gasteiger partial charge in [-0.2, -0.15) is 13.2 Å². The molecule has 1 aromatic heterocycles. The van der Waals surface area contributed by atoms with Crippen LogP contribution in [0, 0.1) is 11.3 Å². The number of hydrogen-bond donors (Lipinski definition) is 1. The minimum absolute atomic E-state index is 0.0552. The Kier molecular flexibility index (Phi) is 11.5. The molecule has 1 saturated carbocycles. The Bertz CT molecular complexity index is 1380. The van der Waals surface area contributed by atoms with Crippen LogP contribution in [0.3, 0.4) is 0 Å². The van der Waals surface area contributed by atoms with Gasteiger partial charge in [0.1, 0.15) is 5.75 Å². The Labute approximate surface area is 275 Å². The van der Waals surface area contributed by atoms with E-state index in [-0.39, 0.29) is 48.9 Å². The third-order valence-electron chi connectivity index (χ3n) is 10.2. The number of fused-ring (bicyclic) bond motifs is 1. The number of carbonyl (C=O) groups excluding carboxylic acids is 2. The van der Waals surface area contributed by atoms with E-state index in [1.165, 1.54) is 13.2 Å². The average molecular weight is 660 g/mol. The zero-order chi connectivity index (χ0) is 33.6. The summed E-state index contributed by atoms with van der Waals surface area (Å²) in [6.45, 7) is 6.67. The van der Waals surface area contributed by atoms with Gasteiger partial charge < -0.3 is 24.4 Å². The molecule has 1 aromatic carbocycles. The highest BCUT2D eigenvalue weighted by Crippen LogP contribution is 2.47. The summed E-state index contributed by atoms with van der Waals surface area (Å²) in [5, 5.41) is 3.77. The number of pyridine rings is 1. The second kappa shape index (κ2) is 15.4. The van der Waals surface area contributed by atoms with Crippen LogP contribution in [0.4, 0.5) is 13.2 Å². The van der Waals surface area contributed by atoms with Crippen molar-refractivity contribution in [1.29, 1.82) is 0 Å². The number of methoxy groups -OCH3 is 1. The van der Waals surface area contributed by atoms with Crippen molar-refractivity contribution in [2.45, 2.75) is 103 Å². The Morgan fingerprint density at radius 2 is 1.85 bits per heavy atom. The first-order valence-corrected chi connectivity index (χ1v) is 17.0. The zero-order valence-electron chi connectivity index (χ0n) is 27.8. The number of benzene rings is 1. The molecule has 0 spiro atoms. The van der Waals surface area contributed by atoms with Crippen LogP contribution in [0.25, 0.3) is 0 Å². The van der Waals surface area contributed by atoms with Gasteiger partial charge in [-0.3, -0.25) is 14.6 Å². The number of hydrogen-bond acceptors (Lipinski definition) is 7. The van der Waals surface area contributed by atoms with Crippen molar-refractivity contribution in [3.8, 4) is 5.75 Å². The average Bonchev–Trinajstić information content (AvgIpc) is 3.49. The lowest BCUT2D eigenvalue weighted by molar-refractivity contribution is -0.146. The summed E-state index contributed by atoms with van der Waals surface area (Å²) in [6, 6.07) is 8.98. The minimum atomic E-state index is -4.54. The van der Waals surface area contributed by atoms with Gasteiger partial charge in [-0.15, -0.1) is 0 Å². The topological polar surface area (TPSA) is 90.0 Å². The summed E-state index contributed by atoms with van der Waals surface area (Å²) in [7, 11) is 1.34. The number of nitrogens with one attached hydrogen (secondary N) is 1. The summed E-state index contributed by atoms with van der Waals surface area (Å²) in [5.74, 6) is 0.488. The van der Waals surface area contributed by atoms with Crippen LogP contribution >= 0.6 is 0 Å². The van der Waals surface area contributed by atoms with E-state index < -0.39 is 17.2 Å². The van der Waals surface area contributed by atoms with E-state index in [4.69, 9.17) is 9.47 Å². The maximum Gasteiger partial charge on any atom is 0.418 e. The first-order valence-electron chi connectivity index (χ1n) is 17.0. The number of ether oxygens (including phenoxy) is 3. The van der Waals surface area contributed by atoms with E-state index >= 15 is 0 Å². The highest BCUT2D eigenvalue weighted by Gasteiger charge is 2.50. The Morgan fingerprint density at radius 1 is 1.11 bits per heavy atom. The smallest absolute Gasteiger partial charge is 0.418 e. The number of carbonyl (C=O) groups is 2. The number of amides is 1. The second-order valence-electron chi connectivity index (χ2n) is 13.6. The lowest BCUT2D eigenvalue weighted by Crippen LogP contribution is -2.49. The summed E-state index contributed by atoms with van der Waals surface area (Å²) in [6.07, 6.45) is 1.70. The van der Waals surface area contributed by atoms with E-state index in [1.807, 2.05) is 0 Å². The molecule has 8 nitrogen and oxygen atoms in total. The van der Waals surface area contributed by atoms with Gasteiger partial charge in [0.2, 0.25) is 5.91 Å². The third kappa shape index (κ3) is 8.65. The van der Waals surface area contributed by atoms with Crippen LogP contribution in [0.5, 0.6) is 5.75 Å². The maximum absolute atomic E-state index is 14.3. The first-order chi connectivity index (χ1) is 22.5. The van der Waals surface area contributed by atoms with Crippen LogP contribution in [-0.4, -0.2) is 67.3 Å². The fraction of sp³-hybridized carbons (Fsp3) is 0.639. The van der Waals surface area contributed by atoms with E-state index in [9.17, 15) is 22.8 Å². The van der Waals surface area contributed by atoms with E-state index in [2.05, 4.69) is 28.9 Å². The lowest BCUT2D eigenvalue weighted by Gasteiger charge is -2.40. The summed E-state index contributed by atoms with van der Waals surface area (Å²) < 4.78 is 58.7. The number of unbranched alkanes of at least 4 members (excludes halogenated alkanes) is 1. The van der Waals surface area contributed by atoms with Crippen molar-refractivity contribution in [3.05, 3.63) is 58.4 Å². The van der Waals surface area contributed by atoms with E-state index in [0.717, 1.165) is 50.9 Å². The molecule has 3 aliphatic rings. The number of aromatic nitrogens is 1. The third-order valence-corrected chi connectivity index (χ3v) is 10.2. The van der Waals surface area contributed by atoms with Crippen molar-refractivity contribution in [3.63, 3.8) is 0 Å². The molecule has 1 N–H and O–H groups in total. The molecule has 2 fully saturated rings. The molecule has 2 aromatic rings. The van der Waals surface area contributed by atoms with Gasteiger partial charge in [0.25, 0.3) is 0 Å². The van der Waals surface area contributed by atoms with Crippen LogP contribution in [0.1, 0.15) is 86.9 Å². The molecule has 0 radical (unpaired) electrons. The molecule has 258 valence electrons. The molecule has 5 rings (SSSR count). The number of rotatable bonds is 12. The molecule has 0 unspecified atom stereocenters. The Hall–Kier alpha value is -3.18. The Balaban J connectivity index is 1.18. The fourth-order valence-corrected chi connectivity index (χ4v) is 7.35. The SMILES string of the molecule is COC(=O)Cc1ccc(OCCCCc2nc3c(cc2C(F)(F)F)CN(C(=O)[C@@]2(C(C)C)CC[C@@H](NC4CCOCC4)C2)CC3)cc1. The molecule has 1 aliphatic carbocycles. The van der Waals surface area contributed by atoms with Crippen LogP contribution < -0.4 is 10.1 Å². The predicted molar refractivity (Wildman–Crippen MR) is 171 cm³/mol. The molecule has 2 aliphatic heterocycles. The largest absolute Gasteiger partial charge is 0.494 e. The molecule has 1 amide bonds. The van der Waals surface area contributed by atoms with Gasteiger partial charge >= 0.3 is 12.1 Å². The van der Waals surface area contributed by atoms with E-state index in [1.54, 1.807) is 29.2 Å². The van der Waals surface area contributed by atoms with Crippen LogP contribution in [0.2, 0.25) is 0 Å². The van der Waals surface area contributed by atoms with Crippen molar-refractivity contribution >= 4 is 11.9 Å². The fourth-order valence-electron chi connectivity index (χ4n) is 7.35. The van der Waals surface area contributed by atoms with Gasteiger partial charge in [0.05, 0.1) is 36.8 Å². The second-order valence-corrected chi connectivity index (χ2v) is 13.6.